The van der Waals surface area contributed by atoms with Crippen LogP contribution in [0.15, 0.2) is 24.3 Å². The molecule has 1 rings (SSSR count). The van der Waals surface area contributed by atoms with Crippen LogP contribution < -0.4 is 10.1 Å². The largest absolute Gasteiger partial charge is 0.496 e. The Balaban J connectivity index is 2.61. The van der Waals surface area contributed by atoms with Crippen LogP contribution in [0.25, 0.3) is 0 Å². The molecule has 0 aromatic heterocycles. The van der Waals surface area contributed by atoms with Gasteiger partial charge in [-0.25, -0.2) is 0 Å². The highest BCUT2D eigenvalue weighted by molar-refractivity contribution is 6.30. The molecule has 2 atom stereocenters. The van der Waals surface area contributed by atoms with E-state index in [9.17, 15) is 4.79 Å². The van der Waals surface area contributed by atoms with Gasteiger partial charge in [-0.3, -0.25) is 4.79 Å². The number of ether oxygens (including phenoxy) is 1. The van der Waals surface area contributed by atoms with Crippen molar-refractivity contribution in [3.63, 3.8) is 0 Å². The Bertz CT molecular complexity index is 379. The molecule has 0 bridgehead atoms. The first-order valence-electron chi connectivity index (χ1n) is 5.61. The Morgan fingerprint density at radius 2 is 2.06 bits per heavy atom. The van der Waals surface area contributed by atoms with Crippen LogP contribution in [-0.2, 0) is 11.2 Å². The lowest BCUT2D eigenvalue weighted by Gasteiger charge is -2.16. The lowest BCUT2D eigenvalue weighted by Crippen LogP contribution is -2.38. The van der Waals surface area contributed by atoms with Crippen LogP contribution in [0.3, 0.4) is 0 Å². The average Bonchev–Trinajstić information content (AvgIpc) is 2.29. The third-order valence-electron chi connectivity index (χ3n) is 2.47. The zero-order chi connectivity index (χ0) is 12.8. The van der Waals surface area contributed by atoms with Crippen molar-refractivity contribution in [1.29, 1.82) is 0 Å². The van der Waals surface area contributed by atoms with Crippen LogP contribution in [0.5, 0.6) is 5.75 Å². The third kappa shape index (κ3) is 4.27. The second kappa shape index (κ2) is 6.50. The highest BCUT2D eigenvalue weighted by Gasteiger charge is 2.13. The van der Waals surface area contributed by atoms with Crippen molar-refractivity contribution in [2.75, 3.05) is 7.11 Å². The summed E-state index contributed by atoms with van der Waals surface area (Å²) in [6.07, 6.45) is 0.722. The molecule has 2 unspecified atom stereocenters. The monoisotopic (exact) mass is 255 g/mol. The number of carbonyl (C=O) groups excluding carboxylic acids is 1. The van der Waals surface area contributed by atoms with Crippen LogP contribution in [0.4, 0.5) is 0 Å². The number of carbonyl (C=O) groups is 1. The maximum atomic E-state index is 11.4. The number of methoxy groups -OCH3 is 1. The zero-order valence-electron chi connectivity index (χ0n) is 10.4. The average molecular weight is 256 g/mol. The molecule has 0 aliphatic carbocycles. The van der Waals surface area contributed by atoms with Crippen molar-refractivity contribution in [1.82, 2.24) is 5.32 Å². The van der Waals surface area contributed by atoms with Gasteiger partial charge in [0.05, 0.1) is 7.11 Å². The van der Waals surface area contributed by atoms with Gasteiger partial charge < -0.3 is 10.1 Å². The minimum atomic E-state index is -0.505. The molecule has 0 radical (unpaired) electrons. The molecule has 0 heterocycles. The van der Waals surface area contributed by atoms with Gasteiger partial charge in [0.2, 0.25) is 5.91 Å². The van der Waals surface area contributed by atoms with E-state index < -0.39 is 5.38 Å². The molecule has 0 saturated heterocycles. The maximum Gasteiger partial charge on any atom is 0.237 e. The summed E-state index contributed by atoms with van der Waals surface area (Å²) in [6.45, 7) is 3.61. The zero-order valence-corrected chi connectivity index (χ0v) is 11.1. The first-order chi connectivity index (χ1) is 8.04. The maximum absolute atomic E-state index is 11.4. The Kier molecular flexibility index (Phi) is 5.29. The summed E-state index contributed by atoms with van der Waals surface area (Å²) in [4.78, 5) is 11.4. The van der Waals surface area contributed by atoms with E-state index in [1.165, 1.54) is 0 Å². The van der Waals surface area contributed by atoms with E-state index in [2.05, 4.69) is 5.32 Å². The molecule has 0 aliphatic rings. The Morgan fingerprint density at radius 1 is 1.41 bits per heavy atom. The van der Waals surface area contributed by atoms with Gasteiger partial charge in [0.25, 0.3) is 0 Å². The fourth-order valence-electron chi connectivity index (χ4n) is 1.61. The van der Waals surface area contributed by atoms with Gasteiger partial charge in [0.15, 0.2) is 0 Å². The molecule has 17 heavy (non-hydrogen) atoms. The van der Waals surface area contributed by atoms with Gasteiger partial charge in [-0.05, 0) is 31.9 Å². The fourth-order valence-corrected chi connectivity index (χ4v) is 1.67. The Hall–Kier alpha value is -1.22. The first-order valence-corrected chi connectivity index (χ1v) is 6.04. The molecule has 0 aliphatic heterocycles. The molecular formula is C13H18ClNO2. The quantitative estimate of drug-likeness (QED) is 0.821. The van der Waals surface area contributed by atoms with Crippen molar-refractivity contribution in [3.8, 4) is 5.75 Å². The second-order valence-corrected chi connectivity index (χ2v) is 4.70. The molecule has 94 valence electrons. The number of para-hydroxylation sites is 1. The number of nitrogens with one attached hydrogen (secondary N) is 1. The summed E-state index contributed by atoms with van der Waals surface area (Å²) < 4.78 is 5.26. The number of hydrogen-bond donors (Lipinski definition) is 1. The lowest BCUT2D eigenvalue weighted by molar-refractivity contribution is -0.121. The van der Waals surface area contributed by atoms with Crippen LogP contribution in [0, 0.1) is 0 Å². The topological polar surface area (TPSA) is 38.3 Å². The van der Waals surface area contributed by atoms with Gasteiger partial charge in [-0.2, -0.15) is 0 Å². The molecule has 1 N–H and O–H groups in total. The van der Waals surface area contributed by atoms with Crippen molar-refractivity contribution < 1.29 is 9.53 Å². The summed E-state index contributed by atoms with van der Waals surface area (Å²) >= 11 is 5.70. The molecule has 0 fully saturated rings. The van der Waals surface area contributed by atoms with E-state index in [1.54, 1.807) is 14.0 Å². The normalized spacial score (nSPS) is 13.9. The predicted octanol–water partition coefficient (Wildman–Crippen LogP) is 2.37. The number of rotatable bonds is 5. The van der Waals surface area contributed by atoms with Crippen LogP contribution in [0.2, 0.25) is 0 Å². The highest BCUT2D eigenvalue weighted by Crippen LogP contribution is 2.18. The van der Waals surface area contributed by atoms with Crippen molar-refractivity contribution in [3.05, 3.63) is 29.8 Å². The van der Waals surface area contributed by atoms with Crippen LogP contribution in [0.1, 0.15) is 19.4 Å². The minimum Gasteiger partial charge on any atom is -0.496 e. The van der Waals surface area contributed by atoms with Crippen molar-refractivity contribution in [2.24, 2.45) is 0 Å². The number of benzene rings is 1. The summed E-state index contributed by atoms with van der Waals surface area (Å²) in [6, 6.07) is 7.81. The highest BCUT2D eigenvalue weighted by atomic mass is 35.5. The van der Waals surface area contributed by atoms with E-state index in [0.717, 1.165) is 17.7 Å². The number of alkyl halides is 1. The summed E-state index contributed by atoms with van der Waals surface area (Å²) in [5, 5.41) is 2.35. The Labute approximate surface area is 107 Å². The third-order valence-corrected chi connectivity index (χ3v) is 2.67. The van der Waals surface area contributed by atoms with E-state index in [0.29, 0.717) is 0 Å². The van der Waals surface area contributed by atoms with Gasteiger partial charge in [0, 0.05) is 6.04 Å². The number of amides is 1. The molecule has 0 spiro atoms. The van der Waals surface area contributed by atoms with Crippen molar-refractivity contribution in [2.45, 2.75) is 31.7 Å². The lowest BCUT2D eigenvalue weighted by atomic mass is 10.1. The van der Waals surface area contributed by atoms with E-state index in [-0.39, 0.29) is 11.9 Å². The van der Waals surface area contributed by atoms with Crippen LogP contribution >= 0.6 is 11.6 Å². The predicted molar refractivity (Wildman–Crippen MR) is 69.6 cm³/mol. The summed E-state index contributed by atoms with van der Waals surface area (Å²) in [5.74, 6) is 0.696. The van der Waals surface area contributed by atoms with Gasteiger partial charge in [0.1, 0.15) is 11.1 Å². The molecule has 1 aromatic carbocycles. The number of hydrogen-bond acceptors (Lipinski definition) is 2. The molecule has 0 saturated carbocycles. The standard InChI is InChI=1S/C13H18ClNO2/c1-9(15-13(16)10(2)14)8-11-6-4-5-7-12(11)17-3/h4-7,9-10H,8H2,1-3H3,(H,15,16). The van der Waals surface area contributed by atoms with E-state index in [4.69, 9.17) is 16.3 Å². The fraction of sp³-hybridized carbons (Fsp3) is 0.462. The molecule has 3 nitrogen and oxygen atoms in total. The first kappa shape index (κ1) is 13.8. The van der Waals surface area contributed by atoms with E-state index >= 15 is 0 Å². The Morgan fingerprint density at radius 3 is 2.65 bits per heavy atom. The number of halogens is 1. The van der Waals surface area contributed by atoms with E-state index in [1.807, 2.05) is 31.2 Å². The van der Waals surface area contributed by atoms with Gasteiger partial charge >= 0.3 is 0 Å². The summed E-state index contributed by atoms with van der Waals surface area (Å²) in [7, 11) is 1.64. The smallest absolute Gasteiger partial charge is 0.237 e. The summed E-state index contributed by atoms with van der Waals surface area (Å²) in [5.41, 5.74) is 1.07. The molecule has 4 heteroatoms. The van der Waals surface area contributed by atoms with Crippen LogP contribution in [-0.4, -0.2) is 24.4 Å². The minimum absolute atomic E-state index is 0.0278. The molecule has 1 amide bonds. The van der Waals surface area contributed by atoms with Gasteiger partial charge in [-0.1, -0.05) is 18.2 Å². The SMILES string of the molecule is COc1ccccc1CC(C)NC(=O)C(C)Cl. The van der Waals surface area contributed by atoms with Gasteiger partial charge in [-0.15, -0.1) is 11.6 Å². The molecule has 1 aromatic rings. The molecular weight excluding hydrogens is 238 g/mol. The van der Waals surface area contributed by atoms with Crippen molar-refractivity contribution >= 4 is 17.5 Å². The second-order valence-electron chi connectivity index (χ2n) is 4.04.